The van der Waals surface area contributed by atoms with Gasteiger partial charge in [0.2, 0.25) is 11.8 Å². The Morgan fingerprint density at radius 1 is 1.19 bits per heavy atom. The van der Waals surface area contributed by atoms with Crippen LogP contribution in [-0.2, 0) is 9.59 Å². The molecule has 0 bridgehead atoms. The van der Waals surface area contributed by atoms with Gasteiger partial charge < -0.3 is 10.6 Å². The molecule has 1 fully saturated rings. The monoisotopic (exact) mass is 379 g/mol. The standard InChI is InChI=1S/C18H19F2N3O2S/c19-13-6-5-12(9-14(13)20)22-17(24)10-21-18(25)11-23-7-1-3-15(23)16-4-2-8-26-16/h2,4-6,8-9,15H,1,3,7,10-11H2,(H,21,25)(H,22,24)/t15-/m0/s1. The van der Waals surface area contributed by atoms with Crippen LogP contribution in [0, 0.1) is 11.6 Å². The first-order chi connectivity index (χ1) is 12.5. The molecule has 138 valence electrons. The number of halogens is 2. The molecule has 0 unspecified atom stereocenters. The van der Waals surface area contributed by atoms with Crippen molar-refractivity contribution in [2.45, 2.75) is 18.9 Å². The van der Waals surface area contributed by atoms with Crippen molar-refractivity contribution in [3.63, 3.8) is 0 Å². The molecule has 0 saturated carbocycles. The van der Waals surface area contributed by atoms with Gasteiger partial charge in [-0.1, -0.05) is 6.07 Å². The zero-order valence-corrected chi connectivity index (χ0v) is 14.8. The van der Waals surface area contributed by atoms with Crippen molar-refractivity contribution in [3.05, 3.63) is 52.2 Å². The van der Waals surface area contributed by atoms with Gasteiger partial charge in [0.1, 0.15) is 0 Å². The molecule has 1 aromatic heterocycles. The van der Waals surface area contributed by atoms with Crippen LogP contribution in [0.2, 0.25) is 0 Å². The molecule has 1 aliphatic heterocycles. The van der Waals surface area contributed by atoms with E-state index in [0.29, 0.717) is 0 Å². The number of hydrogen-bond donors (Lipinski definition) is 2. The summed E-state index contributed by atoms with van der Waals surface area (Å²) in [7, 11) is 0. The van der Waals surface area contributed by atoms with Gasteiger partial charge in [-0.3, -0.25) is 14.5 Å². The molecule has 26 heavy (non-hydrogen) atoms. The average Bonchev–Trinajstić information content (AvgIpc) is 3.27. The summed E-state index contributed by atoms with van der Waals surface area (Å²) >= 11 is 1.68. The Kier molecular flexibility index (Phi) is 5.95. The summed E-state index contributed by atoms with van der Waals surface area (Å²) in [5.41, 5.74) is 0.139. The Morgan fingerprint density at radius 3 is 2.77 bits per heavy atom. The fourth-order valence-electron chi connectivity index (χ4n) is 3.02. The lowest BCUT2D eigenvalue weighted by Crippen LogP contribution is -2.40. The Bertz CT molecular complexity index is 783. The Balaban J connectivity index is 1.46. The molecule has 5 nitrogen and oxygen atoms in total. The van der Waals surface area contributed by atoms with Gasteiger partial charge in [-0.05, 0) is 43.0 Å². The summed E-state index contributed by atoms with van der Waals surface area (Å²) in [6, 6.07) is 7.40. The van der Waals surface area contributed by atoms with E-state index in [1.807, 2.05) is 11.4 Å². The molecule has 1 saturated heterocycles. The number of nitrogens with one attached hydrogen (secondary N) is 2. The van der Waals surface area contributed by atoms with Crippen LogP contribution in [0.15, 0.2) is 35.7 Å². The summed E-state index contributed by atoms with van der Waals surface area (Å²) in [6.07, 6.45) is 2.05. The van der Waals surface area contributed by atoms with Gasteiger partial charge in [0.05, 0.1) is 13.1 Å². The van der Waals surface area contributed by atoms with Crippen LogP contribution in [0.3, 0.4) is 0 Å². The van der Waals surface area contributed by atoms with Gasteiger partial charge in [-0.25, -0.2) is 8.78 Å². The molecular formula is C18H19F2N3O2S. The molecule has 0 spiro atoms. The molecule has 8 heteroatoms. The molecule has 2 amide bonds. The molecular weight excluding hydrogens is 360 g/mol. The number of anilines is 1. The van der Waals surface area contributed by atoms with E-state index in [1.165, 1.54) is 10.9 Å². The van der Waals surface area contributed by atoms with Crippen molar-refractivity contribution < 1.29 is 18.4 Å². The van der Waals surface area contributed by atoms with E-state index in [0.717, 1.165) is 31.5 Å². The van der Waals surface area contributed by atoms with Crippen molar-refractivity contribution >= 4 is 28.8 Å². The highest BCUT2D eigenvalue weighted by Crippen LogP contribution is 2.33. The summed E-state index contributed by atoms with van der Waals surface area (Å²) in [4.78, 5) is 27.3. The minimum Gasteiger partial charge on any atom is -0.346 e. The number of carbonyl (C=O) groups excluding carboxylic acids is 2. The minimum atomic E-state index is -1.04. The number of nitrogens with zero attached hydrogens (tertiary/aromatic N) is 1. The Morgan fingerprint density at radius 2 is 2.04 bits per heavy atom. The Labute approximate surface area is 154 Å². The van der Waals surface area contributed by atoms with Crippen LogP contribution in [0.25, 0.3) is 0 Å². The van der Waals surface area contributed by atoms with Crippen molar-refractivity contribution in [1.29, 1.82) is 0 Å². The van der Waals surface area contributed by atoms with Gasteiger partial charge in [0.15, 0.2) is 11.6 Å². The lowest BCUT2D eigenvalue weighted by atomic mass is 10.2. The SMILES string of the molecule is O=C(CN1CCC[C@H]1c1cccs1)NCC(=O)Nc1ccc(F)c(F)c1. The van der Waals surface area contributed by atoms with Gasteiger partial charge in [0.25, 0.3) is 0 Å². The topological polar surface area (TPSA) is 61.4 Å². The van der Waals surface area contributed by atoms with E-state index in [-0.39, 0.29) is 30.7 Å². The molecule has 2 heterocycles. The fourth-order valence-corrected chi connectivity index (χ4v) is 3.91. The maximum atomic E-state index is 13.1. The number of likely N-dealkylation sites (tertiary alicyclic amines) is 1. The number of benzene rings is 1. The van der Waals surface area contributed by atoms with Crippen LogP contribution in [0.4, 0.5) is 14.5 Å². The van der Waals surface area contributed by atoms with Gasteiger partial charge >= 0.3 is 0 Å². The maximum absolute atomic E-state index is 13.1. The molecule has 1 aliphatic rings. The van der Waals surface area contributed by atoms with Crippen molar-refractivity contribution in [1.82, 2.24) is 10.2 Å². The van der Waals surface area contributed by atoms with Crippen LogP contribution in [0.1, 0.15) is 23.8 Å². The number of amides is 2. The van der Waals surface area contributed by atoms with Gasteiger partial charge in [-0.15, -0.1) is 11.3 Å². The largest absolute Gasteiger partial charge is 0.346 e. The van der Waals surface area contributed by atoms with Crippen molar-refractivity contribution in [2.24, 2.45) is 0 Å². The number of thiophene rings is 1. The zero-order chi connectivity index (χ0) is 18.5. The first-order valence-corrected chi connectivity index (χ1v) is 9.20. The lowest BCUT2D eigenvalue weighted by Gasteiger charge is -2.22. The summed E-state index contributed by atoms with van der Waals surface area (Å²) in [5.74, 6) is -2.77. The average molecular weight is 379 g/mol. The van der Waals surface area contributed by atoms with Gasteiger partial charge in [-0.2, -0.15) is 0 Å². The predicted octanol–water partition coefficient (Wildman–Crippen LogP) is 2.92. The highest BCUT2D eigenvalue weighted by molar-refractivity contribution is 7.10. The quantitative estimate of drug-likeness (QED) is 0.811. The normalized spacial score (nSPS) is 17.2. The summed E-state index contributed by atoms with van der Waals surface area (Å²) in [5, 5.41) is 7.00. The van der Waals surface area contributed by atoms with E-state index >= 15 is 0 Å². The van der Waals surface area contributed by atoms with Crippen LogP contribution in [-0.4, -0.2) is 36.3 Å². The fraction of sp³-hybridized carbons (Fsp3) is 0.333. The van der Waals surface area contributed by atoms with Crippen LogP contribution in [0.5, 0.6) is 0 Å². The zero-order valence-electron chi connectivity index (χ0n) is 14.0. The van der Waals surface area contributed by atoms with E-state index in [9.17, 15) is 18.4 Å². The van der Waals surface area contributed by atoms with Crippen molar-refractivity contribution in [3.8, 4) is 0 Å². The second-order valence-corrected chi connectivity index (χ2v) is 7.08. The number of rotatable bonds is 6. The minimum absolute atomic E-state index is 0.139. The van der Waals surface area contributed by atoms with E-state index in [1.54, 1.807) is 11.3 Å². The van der Waals surface area contributed by atoms with Crippen LogP contribution >= 0.6 is 11.3 Å². The second-order valence-electron chi connectivity index (χ2n) is 6.10. The number of hydrogen-bond acceptors (Lipinski definition) is 4. The molecule has 2 N–H and O–H groups in total. The van der Waals surface area contributed by atoms with Crippen molar-refractivity contribution in [2.75, 3.05) is 25.0 Å². The Hall–Kier alpha value is -2.32. The predicted molar refractivity (Wildman–Crippen MR) is 95.9 cm³/mol. The molecule has 1 atom stereocenters. The van der Waals surface area contributed by atoms with Crippen LogP contribution < -0.4 is 10.6 Å². The first-order valence-electron chi connectivity index (χ1n) is 8.32. The first kappa shape index (κ1) is 18.5. The highest BCUT2D eigenvalue weighted by atomic mass is 32.1. The molecule has 0 aliphatic carbocycles. The third-order valence-electron chi connectivity index (χ3n) is 4.23. The van der Waals surface area contributed by atoms with Gasteiger partial charge in [0, 0.05) is 22.7 Å². The van der Waals surface area contributed by atoms with E-state index in [4.69, 9.17) is 0 Å². The molecule has 1 aromatic carbocycles. The number of carbonyl (C=O) groups is 2. The molecule has 3 rings (SSSR count). The summed E-state index contributed by atoms with van der Waals surface area (Å²) in [6.45, 7) is 0.841. The highest BCUT2D eigenvalue weighted by Gasteiger charge is 2.28. The summed E-state index contributed by atoms with van der Waals surface area (Å²) < 4.78 is 26.0. The smallest absolute Gasteiger partial charge is 0.243 e. The van der Waals surface area contributed by atoms with E-state index < -0.39 is 17.5 Å². The molecule has 2 aromatic rings. The lowest BCUT2D eigenvalue weighted by molar-refractivity contribution is -0.125. The second kappa shape index (κ2) is 8.37. The third kappa shape index (κ3) is 4.64. The molecule has 0 radical (unpaired) electrons. The maximum Gasteiger partial charge on any atom is 0.243 e. The third-order valence-corrected chi connectivity index (χ3v) is 5.20. The van der Waals surface area contributed by atoms with E-state index in [2.05, 4.69) is 21.6 Å².